The number of fused-ring (bicyclic) bond motifs is 4. The molecule has 51 heavy (non-hydrogen) atoms. The quantitative estimate of drug-likeness (QED) is 0.240. The third kappa shape index (κ3) is 5.04. The number of phenolic OH excluding ortho intramolecular Hbond substituents is 1. The van der Waals surface area contributed by atoms with Crippen LogP contribution in [0.3, 0.4) is 0 Å². The van der Waals surface area contributed by atoms with Gasteiger partial charge in [-0.15, -0.1) is 0 Å². The monoisotopic (exact) mass is 777 g/mol. The maximum atomic E-state index is 14.7. The van der Waals surface area contributed by atoms with E-state index in [2.05, 4.69) is 20.8 Å². The highest BCUT2D eigenvalue weighted by molar-refractivity contribution is 9.10. The molecule has 3 aromatic rings. The van der Waals surface area contributed by atoms with Gasteiger partial charge in [-0.1, -0.05) is 23.3 Å². The molecule has 3 heterocycles. The summed E-state index contributed by atoms with van der Waals surface area (Å²) in [5, 5.41) is 10.5. The first-order valence-electron chi connectivity index (χ1n) is 16.9. The van der Waals surface area contributed by atoms with E-state index in [1.165, 1.54) is 24.1 Å². The lowest BCUT2D eigenvalue weighted by Crippen LogP contribution is -2.48. The first-order chi connectivity index (χ1) is 24.4. The number of anilines is 3. The number of carbonyl (C=O) groups is 4. The van der Waals surface area contributed by atoms with Crippen molar-refractivity contribution >= 4 is 68.2 Å². The van der Waals surface area contributed by atoms with Gasteiger partial charge in [-0.05, 0) is 102 Å². The van der Waals surface area contributed by atoms with Gasteiger partial charge in [0.15, 0.2) is 11.5 Å². The van der Waals surface area contributed by atoms with Crippen LogP contribution in [0.25, 0.3) is 0 Å². The van der Waals surface area contributed by atoms with Gasteiger partial charge in [0.2, 0.25) is 23.6 Å². The van der Waals surface area contributed by atoms with Crippen molar-refractivity contribution in [3.05, 3.63) is 87.1 Å². The molecule has 0 radical (unpaired) electrons. The molecule has 8 rings (SSSR count). The van der Waals surface area contributed by atoms with E-state index >= 15 is 0 Å². The summed E-state index contributed by atoms with van der Waals surface area (Å²) in [6, 6.07) is 14.4. The van der Waals surface area contributed by atoms with E-state index in [4.69, 9.17) is 21.1 Å². The van der Waals surface area contributed by atoms with E-state index in [0.29, 0.717) is 28.9 Å². The Morgan fingerprint density at radius 2 is 1.61 bits per heavy atom. The van der Waals surface area contributed by atoms with Crippen LogP contribution in [0.2, 0.25) is 5.02 Å². The minimum Gasteiger partial charge on any atom is -0.503 e. The average molecular weight is 779 g/mol. The molecular formula is C38H34BrClFN3O7. The largest absolute Gasteiger partial charge is 0.503 e. The predicted octanol–water partition coefficient (Wildman–Crippen LogP) is 6.23. The van der Waals surface area contributed by atoms with Gasteiger partial charge in [0, 0.05) is 24.7 Å². The van der Waals surface area contributed by atoms with Crippen LogP contribution >= 0.6 is 27.5 Å². The zero-order chi connectivity index (χ0) is 35.9. The van der Waals surface area contributed by atoms with Gasteiger partial charge < -0.3 is 19.5 Å². The van der Waals surface area contributed by atoms with Crippen molar-refractivity contribution in [3.8, 4) is 11.5 Å². The van der Waals surface area contributed by atoms with Crippen molar-refractivity contribution in [1.82, 2.24) is 0 Å². The topological polar surface area (TPSA) is 117 Å². The molecule has 13 heteroatoms. The number of ether oxygens (including phenoxy) is 2. The minimum atomic E-state index is -1.35. The minimum absolute atomic E-state index is 0.128. The average Bonchev–Trinajstić information content (AvgIpc) is 3.50. The summed E-state index contributed by atoms with van der Waals surface area (Å²) in [7, 11) is 1.42. The predicted molar refractivity (Wildman–Crippen MR) is 190 cm³/mol. The fourth-order valence-electron chi connectivity index (χ4n) is 9.07. The Labute approximate surface area is 306 Å². The Kier molecular flexibility index (Phi) is 8.27. The zero-order valence-corrected chi connectivity index (χ0v) is 30.1. The molecule has 10 nitrogen and oxygen atoms in total. The van der Waals surface area contributed by atoms with Gasteiger partial charge >= 0.3 is 0 Å². The highest BCUT2D eigenvalue weighted by Gasteiger charge is 2.67. The number of carbonyl (C=O) groups excluding carboxylic acids is 4. The first-order valence-corrected chi connectivity index (χ1v) is 18.0. The lowest BCUT2D eigenvalue weighted by atomic mass is 9.51. The van der Waals surface area contributed by atoms with Crippen molar-refractivity contribution in [2.75, 3.05) is 48.1 Å². The van der Waals surface area contributed by atoms with E-state index in [1.54, 1.807) is 31.2 Å². The second kappa shape index (κ2) is 12.5. The lowest BCUT2D eigenvalue weighted by Gasteiger charge is -2.49. The molecule has 0 aromatic heterocycles. The Hall–Kier alpha value is -4.26. The summed E-state index contributed by atoms with van der Waals surface area (Å²) in [5.74, 6) is -5.87. The van der Waals surface area contributed by atoms with Crippen LogP contribution < -0.4 is 19.4 Å². The van der Waals surface area contributed by atoms with Crippen molar-refractivity contribution < 1.29 is 38.1 Å². The summed E-state index contributed by atoms with van der Waals surface area (Å²) in [4.78, 5) is 62.2. The summed E-state index contributed by atoms with van der Waals surface area (Å²) < 4.78 is 25.5. The smallest absolute Gasteiger partial charge is 0.241 e. The second-order valence-corrected chi connectivity index (χ2v) is 15.2. The number of allylic oxidation sites excluding steroid dienone is 2. The number of hydrogen-bond acceptors (Lipinski definition) is 8. The first kappa shape index (κ1) is 33.9. The van der Waals surface area contributed by atoms with Crippen molar-refractivity contribution in [1.29, 1.82) is 0 Å². The summed E-state index contributed by atoms with van der Waals surface area (Å²) in [6.45, 7) is 4.50. The van der Waals surface area contributed by atoms with E-state index < -0.39 is 52.6 Å². The van der Waals surface area contributed by atoms with Gasteiger partial charge in [-0.3, -0.25) is 24.1 Å². The van der Waals surface area contributed by atoms with Crippen LogP contribution in [0, 0.1) is 34.9 Å². The molecule has 0 bridgehead atoms. The number of hydrogen-bond donors (Lipinski definition) is 1. The maximum Gasteiger partial charge on any atom is 0.241 e. The van der Waals surface area contributed by atoms with E-state index in [1.807, 2.05) is 18.2 Å². The van der Waals surface area contributed by atoms with Crippen LogP contribution in [-0.2, 0) is 23.9 Å². The van der Waals surface area contributed by atoms with E-state index in [-0.39, 0.29) is 46.9 Å². The van der Waals surface area contributed by atoms with Crippen LogP contribution in [0.5, 0.6) is 11.5 Å². The number of phenols is 1. The molecule has 3 aromatic carbocycles. The molecule has 2 aliphatic carbocycles. The molecule has 264 valence electrons. The van der Waals surface area contributed by atoms with Crippen LogP contribution in [0.4, 0.5) is 21.5 Å². The van der Waals surface area contributed by atoms with Crippen molar-refractivity contribution in [3.63, 3.8) is 0 Å². The van der Waals surface area contributed by atoms with Crippen molar-refractivity contribution in [2.24, 2.45) is 29.1 Å². The maximum absolute atomic E-state index is 14.7. The van der Waals surface area contributed by atoms with Crippen molar-refractivity contribution in [2.45, 2.75) is 25.7 Å². The Balaban J connectivity index is 1.21. The number of morpholine rings is 1. The Morgan fingerprint density at radius 1 is 0.922 bits per heavy atom. The third-order valence-corrected chi connectivity index (χ3v) is 12.4. The second-order valence-electron chi connectivity index (χ2n) is 13.9. The lowest BCUT2D eigenvalue weighted by molar-refractivity contribution is -0.131. The highest BCUT2D eigenvalue weighted by Crippen LogP contribution is 2.64. The summed E-state index contributed by atoms with van der Waals surface area (Å²) in [6.07, 6.45) is 2.38. The fraction of sp³-hybridized carbons (Fsp3) is 0.368. The van der Waals surface area contributed by atoms with Gasteiger partial charge in [0.05, 0.1) is 64.4 Å². The van der Waals surface area contributed by atoms with Crippen LogP contribution in [-0.4, -0.2) is 62.1 Å². The zero-order valence-electron chi connectivity index (χ0n) is 27.8. The standard InChI is InChI=1S/C38H34BrClFN3O7/c1-38-26(35(47)44(37(38)49)22-7-10-29(41)28(40)17-22)18-25-23(32(38)19-15-27(39)33(45)30(16-19)50-2)8-9-24-31(25)36(48)43(34(24)46)21-5-3-20(4-6-21)42-11-13-51-14-12-42/h3-8,10,15-17,24-26,31-32,45H,9,11-14,18H2,1-2H3/t24-,25+,26-,31-,32-,38+/m0/s1. The van der Waals surface area contributed by atoms with Gasteiger partial charge in [-0.2, -0.15) is 0 Å². The molecule has 1 N–H and O–H groups in total. The number of imide groups is 2. The van der Waals surface area contributed by atoms with E-state index in [0.717, 1.165) is 35.3 Å². The molecule has 6 atom stereocenters. The number of nitrogens with zero attached hydrogens (tertiary/aromatic N) is 3. The fourth-order valence-corrected chi connectivity index (χ4v) is 9.70. The Bertz CT molecular complexity index is 2040. The van der Waals surface area contributed by atoms with Crippen LogP contribution in [0.15, 0.2) is 70.7 Å². The highest BCUT2D eigenvalue weighted by atomic mass is 79.9. The molecule has 0 unspecified atom stereocenters. The van der Waals surface area contributed by atoms with E-state index in [9.17, 15) is 28.7 Å². The summed E-state index contributed by atoms with van der Waals surface area (Å²) in [5.41, 5.74) is 1.61. The molecule has 1 saturated carbocycles. The number of aromatic hydroxyl groups is 1. The summed E-state index contributed by atoms with van der Waals surface area (Å²) >= 11 is 9.53. The molecule has 0 spiro atoms. The Morgan fingerprint density at radius 3 is 2.29 bits per heavy atom. The molecule has 5 aliphatic rings. The molecule has 3 saturated heterocycles. The molecule has 3 aliphatic heterocycles. The third-order valence-electron chi connectivity index (χ3n) is 11.5. The molecular weight excluding hydrogens is 745 g/mol. The number of amides is 4. The molecule has 4 fully saturated rings. The van der Waals surface area contributed by atoms with Gasteiger partial charge in [0.25, 0.3) is 0 Å². The number of rotatable bonds is 5. The normalized spacial score (nSPS) is 28.8. The van der Waals surface area contributed by atoms with Crippen LogP contribution in [0.1, 0.15) is 31.2 Å². The molecule has 4 amide bonds. The number of benzene rings is 3. The van der Waals surface area contributed by atoms with Gasteiger partial charge in [0.1, 0.15) is 5.82 Å². The SMILES string of the molecule is COc1cc([C@H]2C3=CC[C@@H]4C(=O)N(c5ccc(N6CCOCC6)cc5)C(=O)[C@@H]4[C@@H]3C[C@H]3C(=O)N(c4ccc(F)c(Cl)c4)C(=O)[C@@]23C)cc(Br)c1O. The number of methoxy groups -OCH3 is 1. The van der Waals surface area contributed by atoms with Gasteiger partial charge in [-0.25, -0.2) is 9.29 Å². The number of halogens is 3.